The Labute approximate surface area is 118 Å². The molecule has 0 aliphatic carbocycles. The molecule has 7 heteroatoms. The molecule has 0 bridgehead atoms. The summed E-state index contributed by atoms with van der Waals surface area (Å²) in [6.07, 6.45) is 1.87. The molecule has 0 radical (unpaired) electrons. The summed E-state index contributed by atoms with van der Waals surface area (Å²) in [4.78, 5) is 11.5. The van der Waals surface area contributed by atoms with Crippen LogP contribution in [-0.2, 0) is 14.8 Å². The van der Waals surface area contributed by atoms with Crippen LogP contribution < -0.4 is 9.62 Å². The summed E-state index contributed by atoms with van der Waals surface area (Å²) in [7, 11) is -3.56. The van der Waals surface area contributed by atoms with Crippen LogP contribution in [0.1, 0.15) is 19.8 Å². The molecule has 0 fully saturated rings. The number of benzene rings is 1. The van der Waals surface area contributed by atoms with E-state index >= 15 is 0 Å². The maximum Gasteiger partial charge on any atom is 0.232 e. The van der Waals surface area contributed by atoms with Gasteiger partial charge >= 0.3 is 0 Å². The molecule has 5 nitrogen and oxygen atoms in total. The van der Waals surface area contributed by atoms with Gasteiger partial charge in [0.05, 0.1) is 11.9 Å². The van der Waals surface area contributed by atoms with E-state index < -0.39 is 15.8 Å². The first-order valence-electron chi connectivity index (χ1n) is 6.34. The molecule has 0 saturated heterocycles. The van der Waals surface area contributed by atoms with Crippen LogP contribution in [0.4, 0.5) is 10.1 Å². The van der Waals surface area contributed by atoms with Gasteiger partial charge in [0, 0.05) is 19.5 Å². The van der Waals surface area contributed by atoms with Gasteiger partial charge in [0.1, 0.15) is 5.82 Å². The molecule has 0 aliphatic heterocycles. The van der Waals surface area contributed by atoms with Gasteiger partial charge in [0.15, 0.2) is 0 Å². The van der Waals surface area contributed by atoms with E-state index in [0.29, 0.717) is 6.54 Å². The van der Waals surface area contributed by atoms with Gasteiger partial charge in [-0.15, -0.1) is 0 Å². The van der Waals surface area contributed by atoms with E-state index in [4.69, 9.17) is 0 Å². The average molecular weight is 302 g/mol. The number of carbonyl (C=O) groups is 1. The number of hydrogen-bond acceptors (Lipinski definition) is 3. The molecule has 0 heterocycles. The van der Waals surface area contributed by atoms with Crippen LogP contribution in [-0.4, -0.2) is 33.7 Å². The summed E-state index contributed by atoms with van der Waals surface area (Å²) < 4.78 is 37.7. The van der Waals surface area contributed by atoms with Crippen LogP contribution in [0, 0.1) is 5.82 Å². The zero-order chi connectivity index (χ0) is 15.2. The van der Waals surface area contributed by atoms with Crippen molar-refractivity contribution in [3.63, 3.8) is 0 Å². The first-order valence-corrected chi connectivity index (χ1v) is 8.19. The minimum Gasteiger partial charge on any atom is -0.356 e. The predicted octanol–water partition coefficient (Wildman–Crippen LogP) is 1.51. The number of halogens is 1. The van der Waals surface area contributed by atoms with Gasteiger partial charge in [-0.1, -0.05) is 13.0 Å². The minimum absolute atomic E-state index is 0.0160. The van der Waals surface area contributed by atoms with Crippen molar-refractivity contribution in [1.82, 2.24) is 5.32 Å². The van der Waals surface area contributed by atoms with Crippen LogP contribution in [0.15, 0.2) is 24.3 Å². The molecule has 1 rings (SSSR count). The lowest BCUT2D eigenvalue weighted by atomic mass is 10.3. The number of anilines is 1. The number of carbonyl (C=O) groups excluding carboxylic acids is 1. The number of nitrogens with one attached hydrogen (secondary N) is 1. The lowest BCUT2D eigenvalue weighted by Crippen LogP contribution is -2.34. The van der Waals surface area contributed by atoms with Crippen molar-refractivity contribution < 1.29 is 17.6 Å². The highest BCUT2D eigenvalue weighted by molar-refractivity contribution is 7.92. The molecule has 0 aromatic heterocycles. The van der Waals surface area contributed by atoms with Gasteiger partial charge in [-0.25, -0.2) is 12.8 Å². The van der Waals surface area contributed by atoms with E-state index in [9.17, 15) is 17.6 Å². The van der Waals surface area contributed by atoms with Crippen molar-refractivity contribution in [3.8, 4) is 0 Å². The molecule has 112 valence electrons. The van der Waals surface area contributed by atoms with Crippen molar-refractivity contribution in [2.24, 2.45) is 0 Å². The fraction of sp³-hybridized carbons (Fsp3) is 0.462. The largest absolute Gasteiger partial charge is 0.356 e. The molecule has 1 aromatic rings. The maximum atomic E-state index is 13.2. The second-order valence-electron chi connectivity index (χ2n) is 4.41. The molecule has 20 heavy (non-hydrogen) atoms. The second-order valence-corrected chi connectivity index (χ2v) is 6.32. The van der Waals surface area contributed by atoms with Crippen LogP contribution >= 0.6 is 0 Å². The molecular weight excluding hydrogens is 283 g/mol. The number of sulfonamides is 1. The Morgan fingerprint density at radius 1 is 1.40 bits per heavy atom. The van der Waals surface area contributed by atoms with Gasteiger partial charge in [-0.05, 0) is 24.6 Å². The first kappa shape index (κ1) is 16.4. The third kappa shape index (κ3) is 5.16. The van der Waals surface area contributed by atoms with Gasteiger partial charge in [0.2, 0.25) is 15.9 Å². The standard InChI is InChI=1S/C13H19FN2O3S/c1-3-8-15-13(17)7-9-16(20(2,18)19)12-6-4-5-11(14)10-12/h4-6,10H,3,7-9H2,1-2H3,(H,15,17). The van der Waals surface area contributed by atoms with Gasteiger partial charge in [-0.2, -0.15) is 0 Å². The van der Waals surface area contributed by atoms with Crippen LogP contribution in [0.25, 0.3) is 0 Å². The number of hydrogen-bond donors (Lipinski definition) is 1. The van der Waals surface area contributed by atoms with E-state index in [1.807, 2.05) is 6.92 Å². The molecule has 0 atom stereocenters. The average Bonchev–Trinajstić information content (AvgIpc) is 2.35. The lowest BCUT2D eigenvalue weighted by Gasteiger charge is -2.22. The highest BCUT2D eigenvalue weighted by atomic mass is 32.2. The summed E-state index contributed by atoms with van der Waals surface area (Å²) in [6.45, 7) is 2.46. The van der Waals surface area contributed by atoms with Crippen molar-refractivity contribution in [1.29, 1.82) is 0 Å². The Hall–Kier alpha value is -1.63. The van der Waals surface area contributed by atoms with E-state index in [2.05, 4.69) is 5.32 Å². The third-order valence-corrected chi connectivity index (χ3v) is 3.80. The lowest BCUT2D eigenvalue weighted by molar-refractivity contribution is -0.120. The minimum atomic E-state index is -3.56. The molecule has 1 aromatic carbocycles. The quantitative estimate of drug-likeness (QED) is 0.830. The number of nitrogens with zero attached hydrogens (tertiary/aromatic N) is 1. The number of amides is 1. The van der Waals surface area contributed by atoms with Gasteiger partial charge in [0.25, 0.3) is 0 Å². The molecule has 0 spiro atoms. The highest BCUT2D eigenvalue weighted by Crippen LogP contribution is 2.18. The maximum absolute atomic E-state index is 13.2. The monoisotopic (exact) mass is 302 g/mol. The van der Waals surface area contributed by atoms with Crippen LogP contribution in [0.2, 0.25) is 0 Å². The fourth-order valence-corrected chi connectivity index (χ4v) is 2.59. The zero-order valence-corrected chi connectivity index (χ0v) is 12.4. The van der Waals surface area contributed by atoms with Gasteiger partial charge < -0.3 is 5.32 Å². The summed E-state index contributed by atoms with van der Waals surface area (Å²) in [5, 5.41) is 2.67. The van der Waals surface area contributed by atoms with Gasteiger partial charge in [-0.3, -0.25) is 9.10 Å². The highest BCUT2D eigenvalue weighted by Gasteiger charge is 2.18. The van der Waals surface area contributed by atoms with Crippen LogP contribution in [0.3, 0.4) is 0 Å². The fourth-order valence-electron chi connectivity index (χ4n) is 1.67. The van der Waals surface area contributed by atoms with E-state index in [1.165, 1.54) is 18.2 Å². The van der Waals surface area contributed by atoms with Crippen molar-refractivity contribution >= 4 is 21.6 Å². The molecular formula is C13H19FN2O3S. The Bertz CT molecular complexity index is 560. The first-order chi connectivity index (χ1) is 9.34. The van der Waals surface area contributed by atoms with E-state index in [1.54, 1.807) is 0 Å². The van der Waals surface area contributed by atoms with Crippen molar-refractivity contribution in [2.45, 2.75) is 19.8 Å². The SMILES string of the molecule is CCCNC(=O)CCN(c1cccc(F)c1)S(C)(=O)=O. The Morgan fingerprint density at radius 3 is 2.65 bits per heavy atom. The van der Waals surface area contributed by atoms with Crippen molar-refractivity contribution in [2.75, 3.05) is 23.7 Å². The van der Waals surface area contributed by atoms with Crippen LogP contribution in [0.5, 0.6) is 0 Å². The molecule has 1 amide bonds. The Morgan fingerprint density at radius 2 is 2.10 bits per heavy atom. The third-order valence-electron chi connectivity index (χ3n) is 2.61. The summed E-state index contributed by atoms with van der Waals surface area (Å²) in [5.41, 5.74) is 0.218. The second kappa shape index (κ2) is 7.23. The molecule has 0 aliphatic rings. The van der Waals surface area contributed by atoms with Crippen molar-refractivity contribution in [3.05, 3.63) is 30.1 Å². The molecule has 1 N–H and O–H groups in total. The Balaban J connectivity index is 2.80. The smallest absolute Gasteiger partial charge is 0.232 e. The van der Waals surface area contributed by atoms with E-state index in [0.717, 1.165) is 23.0 Å². The topological polar surface area (TPSA) is 66.5 Å². The summed E-state index contributed by atoms with van der Waals surface area (Å²) >= 11 is 0. The summed E-state index contributed by atoms with van der Waals surface area (Å²) in [6, 6.07) is 5.29. The Kier molecular flexibility index (Phi) is 5.94. The summed E-state index contributed by atoms with van der Waals surface area (Å²) in [5.74, 6) is -0.747. The zero-order valence-electron chi connectivity index (χ0n) is 11.6. The van der Waals surface area contributed by atoms with E-state index in [-0.39, 0.29) is 24.6 Å². The predicted molar refractivity (Wildman–Crippen MR) is 76.5 cm³/mol. The number of rotatable bonds is 7. The molecule has 0 unspecified atom stereocenters. The molecule has 0 saturated carbocycles. The normalized spacial score (nSPS) is 11.2.